The van der Waals surface area contributed by atoms with Gasteiger partial charge in [-0.15, -0.1) is 0 Å². The lowest BCUT2D eigenvalue weighted by molar-refractivity contribution is -0.145. The van der Waals surface area contributed by atoms with E-state index in [1.54, 1.807) is 0 Å². The van der Waals surface area contributed by atoms with Crippen molar-refractivity contribution in [2.24, 2.45) is 0 Å². The number of esters is 2. The van der Waals surface area contributed by atoms with Crippen LogP contribution >= 0.6 is 0 Å². The lowest BCUT2D eigenvalue weighted by atomic mass is 10.2. The zero-order valence-corrected chi connectivity index (χ0v) is 7.49. The first-order valence-corrected chi connectivity index (χ1v) is 4.24. The Morgan fingerprint density at radius 1 is 1.31 bits per heavy atom. The minimum Gasteiger partial charge on any atom is -0.463 e. The number of rotatable bonds is 0. The van der Waals surface area contributed by atoms with Crippen molar-refractivity contribution < 1.29 is 19.1 Å². The number of carbonyl (C=O) groups excluding carboxylic acids is 2. The Morgan fingerprint density at radius 2 is 2.00 bits per heavy atom. The van der Waals surface area contributed by atoms with Crippen LogP contribution in [0.2, 0.25) is 0 Å². The summed E-state index contributed by atoms with van der Waals surface area (Å²) < 4.78 is 9.72. The lowest BCUT2D eigenvalue weighted by Crippen LogP contribution is -2.16. The smallest absolute Gasteiger partial charge is 0.331 e. The highest BCUT2D eigenvalue weighted by Crippen LogP contribution is 2.04. The van der Waals surface area contributed by atoms with Crippen molar-refractivity contribution in [3.8, 4) is 0 Å². The topological polar surface area (TPSA) is 52.6 Å². The maximum absolute atomic E-state index is 10.9. The molecule has 0 N–H and O–H groups in total. The third kappa shape index (κ3) is 3.73. The van der Waals surface area contributed by atoms with Crippen molar-refractivity contribution in [2.75, 3.05) is 6.61 Å². The highest BCUT2D eigenvalue weighted by atomic mass is 16.5. The standard InChI is InChI=1S/C9H12O4/c1-7-3-2-6-12-8(10)4-5-9(11)13-7/h4-5,7H,2-3,6H2,1H3/b5-4-. The molecule has 0 aromatic heterocycles. The molecule has 1 rings (SSSR count). The van der Waals surface area contributed by atoms with Crippen LogP contribution < -0.4 is 0 Å². The summed E-state index contributed by atoms with van der Waals surface area (Å²) in [5.41, 5.74) is 0. The van der Waals surface area contributed by atoms with E-state index in [9.17, 15) is 9.59 Å². The van der Waals surface area contributed by atoms with Gasteiger partial charge < -0.3 is 9.47 Å². The molecule has 1 atom stereocenters. The fourth-order valence-electron chi connectivity index (χ4n) is 1.02. The van der Waals surface area contributed by atoms with Gasteiger partial charge in [-0.05, 0) is 19.8 Å². The van der Waals surface area contributed by atoms with Crippen molar-refractivity contribution in [1.82, 2.24) is 0 Å². The Balaban J connectivity index is 2.57. The van der Waals surface area contributed by atoms with Crippen LogP contribution in [-0.2, 0) is 19.1 Å². The summed E-state index contributed by atoms with van der Waals surface area (Å²) in [4.78, 5) is 21.8. The molecule has 13 heavy (non-hydrogen) atoms. The van der Waals surface area contributed by atoms with Gasteiger partial charge in [-0.1, -0.05) is 0 Å². The second kappa shape index (κ2) is 4.64. The first-order valence-electron chi connectivity index (χ1n) is 4.24. The van der Waals surface area contributed by atoms with Gasteiger partial charge in [-0.3, -0.25) is 0 Å². The van der Waals surface area contributed by atoms with Crippen LogP contribution in [0.5, 0.6) is 0 Å². The highest BCUT2D eigenvalue weighted by molar-refractivity contribution is 5.91. The van der Waals surface area contributed by atoms with E-state index in [1.165, 1.54) is 0 Å². The zero-order valence-electron chi connectivity index (χ0n) is 7.49. The lowest BCUT2D eigenvalue weighted by Gasteiger charge is -2.12. The van der Waals surface area contributed by atoms with Crippen molar-refractivity contribution in [3.05, 3.63) is 12.2 Å². The molecule has 0 bridgehead atoms. The summed E-state index contributed by atoms with van der Waals surface area (Å²) in [7, 11) is 0. The summed E-state index contributed by atoms with van der Waals surface area (Å²) in [6, 6.07) is 0. The molecular formula is C9H12O4. The van der Waals surface area contributed by atoms with Crippen LogP contribution in [0, 0.1) is 0 Å². The van der Waals surface area contributed by atoms with Gasteiger partial charge in [0.25, 0.3) is 0 Å². The fourth-order valence-corrected chi connectivity index (χ4v) is 1.02. The molecule has 0 aromatic rings. The molecule has 0 fully saturated rings. The molecule has 72 valence electrons. The van der Waals surface area contributed by atoms with Crippen molar-refractivity contribution in [1.29, 1.82) is 0 Å². The molecule has 0 aliphatic carbocycles. The number of hydrogen-bond acceptors (Lipinski definition) is 4. The van der Waals surface area contributed by atoms with E-state index in [4.69, 9.17) is 9.47 Å². The molecule has 0 radical (unpaired) electrons. The summed E-state index contributed by atoms with van der Waals surface area (Å²) in [5.74, 6) is -0.988. The average Bonchev–Trinajstić information content (AvgIpc) is 2.08. The predicted octanol–water partition coefficient (Wildman–Crippen LogP) is 0.811. The SMILES string of the molecule is CC1CCCOC(=O)/C=C\C(=O)O1. The molecule has 1 heterocycles. The second-order valence-electron chi connectivity index (χ2n) is 2.89. The van der Waals surface area contributed by atoms with Crippen LogP contribution in [-0.4, -0.2) is 24.6 Å². The Labute approximate surface area is 76.5 Å². The van der Waals surface area contributed by atoms with E-state index >= 15 is 0 Å². The quantitative estimate of drug-likeness (QED) is 0.523. The van der Waals surface area contributed by atoms with Gasteiger partial charge in [-0.25, -0.2) is 9.59 Å². The van der Waals surface area contributed by atoms with E-state index < -0.39 is 11.9 Å². The maximum Gasteiger partial charge on any atom is 0.331 e. The van der Waals surface area contributed by atoms with Crippen molar-refractivity contribution in [2.45, 2.75) is 25.9 Å². The fraction of sp³-hybridized carbons (Fsp3) is 0.556. The van der Waals surface area contributed by atoms with Crippen LogP contribution in [0.25, 0.3) is 0 Å². The number of ether oxygens (including phenoxy) is 2. The van der Waals surface area contributed by atoms with E-state index in [2.05, 4.69) is 0 Å². The minimum atomic E-state index is -0.494. The summed E-state index contributed by atoms with van der Waals surface area (Å²) in [6.45, 7) is 2.19. The Hall–Kier alpha value is -1.32. The second-order valence-corrected chi connectivity index (χ2v) is 2.89. The molecule has 0 saturated carbocycles. The summed E-state index contributed by atoms with van der Waals surface area (Å²) in [5, 5.41) is 0. The van der Waals surface area contributed by atoms with Gasteiger partial charge in [0.2, 0.25) is 0 Å². The average molecular weight is 184 g/mol. The first kappa shape index (κ1) is 9.77. The van der Waals surface area contributed by atoms with Gasteiger partial charge >= 0.3 is 11.9 Å². The van der Waals surface area contributed by atoms with Crippen LogP contribution in [0.15, 0.2) is 12.2 Å². The summed E-state index contributed by atoms with van der Waals surface area (Å²) >= 11 is 0. The van der Waals surface area contributed by atoms with Gasteiger partial charge in [0, 0.05) is 12.2 Å². The third-order valence-corrected chi connectivity index (χ3v) is 1.67. The molecule has 4 nitrogen and oxygen atoms in total. The monoisotopic (exact) mass is 184 g/mol. The van der Waals surface area contributed by atoms with Gasteiger partial charge in [0.15, 0.2) is 0 Å². The Morgan fingerprint density at radius 3 is 2.77 bits per heavy atom. The molecule has 0 amide bonds. The molecule has 1 aliphatic heterocycles. The third-order valence-electron chi connectivity index (χ3n) is 1.67. The van der Waals surface area contributed by atoms with Crippen molar-refractivity contribution >= 4 is 11.9 Å². The van der Waals surface area contributed by atoms with Gasteiger partial charge in [-0.2, -0.15) is 0 Å². The van der Waals surface area contributed by atoms with Crippen LogP contribution in [0.1, 0.15) is 19.8 Å². The first-order chi connectivity index (χ1) is 6.18. The molecule has 0 spiro atoms. The minimum absolute atomic E-state index is 0.117. The summed E-state index contributed by atoms with van der Waals surface area (Å²) in [6.07, 6.45) is 3.49. The van der Waals surface area contributed by atoms with Crippen LogP contribution in [0.4, 0.5) is 0 Å². The predicted molar refractivity (Wildman–Crippen MR) is 44.9 cm³/mol. The molecule has 1 unspecified atom stereocenters. The molecule has 4 heteroatoms. The zero-order chi connectivity index (χ0) is 9.68. The van der Waals surface area contributed by atoms with E-state index in [-0.39, 0.29) is 6.10 Å². The molecule has 0 saturated heterocycles. The van der Waals surface area contributed by atoms with E-state index in [0.717, 1.165) is 12.2 Å². The maximum atomic E-state index is 10.9. The largest absolute Gasteiger partial charge is 0.463 e. The van der Waals surface area contributed by atoms with Gasteiger partial charge in [0.05, 0.1) is 12.7 Å². The molecule has 1 aliphatic rings. The van der Waals surface area contributed by atoms with Crippen LogP contribution in [0.3, 0.4) is 0 Å². The van der Waals surface area contributed by atoms with Gasteiger partial charge in [0.1, 0.15) is 0 Å². The normalized spacial score (nSPS) is 27.3. The van der Waals surface area contributed by atoms with E-state index in [1.807, 2.05) is 6.92 Å². The van der Waals surface area contributed by atoms with Crippen molar-refractivity contribution in [3.63, 3.8) is 0 Å². The van der Waals surface area contributed by atoms with E-state index in [0.29, 0.717) is 19.4 Å². The Bertz CT molecular complexity index is 232. The molecular weight excluding hydrogens is 172 g/mol. The Kier molecular flexibility index (Phi) is 3.49. The highest BCUT2D eigenvalue weighted by Gasteiger charge is 2.09. The number of cyclic esters (lactones) is 2. The number of carbonyl (C=O) groups is 2. The number of hydrogen-bond donors (Lipinski definition) is 0. The molecule has 0 aromatic carbocycles.